The molecule has 24 rings (SSSR count). The summed E-state index contributed by atoms with van der Waals surface area (Å²) < 4.78 is 24.3. The zero-order valence-corrected chi connectivity index (χ0v) is 74.6. The molecule has 0 unspecified atom stereocenters. The van der Waals surface area contributed by atoms with Crippen molar-refractivity contribution in [2.24, 2.45) is 0 Å². The molecular weight excluding hydrogens is 1740 g/mol. The number of hydrogen-bond donors (Lipinski definition) is 9. The number of carbonyl (C=O) groups is 1. The van der Waals surface area contributed by atoms with Crippen LogP contribution in [-0.2, 0) is 56.6 Å². The SMILES string of the molecule is CC(C)c1ccc2nc(Cc3nc4c(c(=O)[nH]c(=O)n4C4CC4)n3Cc3ccccc3)[nH]c2c1.COC(=O)c1ccc2nc(Cc3nc4c(c(=O)[nH]c(=O)n4C4CC4)n3Cc3ccccc3)[nH]c2c1.N#Cc1ccc2nc(Cc3nc4c(c(=O)[nH]c(=O)n4C4CC4)n3Cc3ccccc3)[nH]c2c1.O=c1[nH]c(=O)n(C2CC2)c2nc(Cc3nc4ccc(OCCO)cc4[nH]3)n(Cc3ccccc3)c12. The minimum atomic E-state index is -0.455. The van der Waals surface area contributed by atoms with E-state index >= 15 is 0 Å². The van der Waals surface area contributed by atoms with Crippen LogP contribution in [0.4, 0.5) is 0 Å². The standard InChI is InChI=1S/C26H26N6O2.C25H22N6O4.C25H24N6O4.C24H19N7O2/c1-15(2)17-8-11-19-20(12-17)28-21(27-19)13-22-29-24-23(31(22)14-16-6-4-3-5-7-16)25(33)30-26(34)32(24)18-9-10-18;1-35-24(33)15-7-10-17-18(11-15)27-19(26-17)12-20-28-22-21(30(20)13-14-5-3-2-4-6-14)23(32)29-25(34)31(22)16-8-9-16;32-10-11-35-17-8-9-18-19(12-17)27-20(26-18)13-21-28-23-22(30(21)14-15-4-2-1-3-5-15)24(33)29-25(34)31(23)16-6-7-16;25-12-15-6-9-17-18(10-15)27-19(26-17)11-20-28-22-21(30(20)13-14-4-2-1-3-5-14)23(32)29-24(33)31(22)16-7-8-16/h3-8,11-12,15,18H,9-10,13-14H2,1-2H3,(H,27,28)(H,30,33,34);2-7,10-11,16H,8-9,12-13H2,1H3,(H,26,27)(H,29,32,34);1-5,8-9,12,16,32H,6-7,10-11,13-14H2,(H,26,27)(H,29,33,34);1-6,9-10,16H,7-8,11,13H2,(H,26,27)(H,29,32,33). The number of hydrogen-bond acceptors (Lipinski definition) is 21. The van der Waals surface area contributed by atoms with Gasteiger partial charge in [-0.25, -0.2) is 63.8 Å². The Morgan fingerprint density at radius 2 is 0.693 bits per heavy atom. The van der Waals surface area contributed by atoms with Crippen LogP contribution < -0.4 is 49.7 Å². The normalized spacial score (nSPS) is 13.7. The number of fused-ring (bicyclic) bond motifs is 8. The van der Waals surface area contributed by atoms with Gasteiger partial charge in [-0.2, -0.15) is 5.26 Å². The van der Waals surface area contributed by atoms with Gasteiger partial charge in [0.25, 0.3) is 22.2 Å². The number of nitriles is 1. The first-order valence-corrected chi connectivity index (χ1v) is 45.5. The summed E-state index contributed by atoms with van der Waals surface area (Å²) in [5, 5.41) is 18.2. The number of esters is 1. The number of nitrogens with zero attached hydrogens (tertiary/aromatic N) is 17. The van der Waals surface area contributed by atoms with Gasteiger partial charge in [0.1, 0.15) is 59.0 Å². The quantitative estimate of drug-likeness (QED) is 0.0240. The van der Waals surface area contributed by atoms with Crippen LogP contribution in [0.3, 0.4) is 0 Å². The molecule has 37 heteroatoms. The molecule has 37 nitrogen and oxygen atoms in total. The predicted octanol–water partition coefficient (Wildman–Crippen LogP) is 11.1. The number of nitrogens with one attached hydrogen (secondary N) is 8. The lowest BCUT2D eigenvalue weighted by molar-refractivity contribution is 0.0600. The Bertz CT molecular complexity index is 8670. The fourth-order valence-electron chi connectivity index (χ4n) is 17.8. The van der Waals surface area contributed by atoms with Crippen LogP contribution in [0.25, 0.3) is 88.8 Å². The molecule has 0 amide bonds. The Balaban J connectivity index is 0.000000109. The van der Waals surface area contributed by atoms with Gasteiger partial charge in [-0.15, -0.1) is 0 Å². The summed E-state index contributed by atoms with van der Waals surface area (Å²) in [4.78, 5) is 175. The van der Waals surface area contributed by atoms with Gasteiger partial charge in [0, 0.05) is 56.4 Å². The molecule has 4 aliphatic rings. The third-order valence-electron chi connectivity index (χ3n) is 25.0. The van der Waals surface area contributed by atoms with E-state index in [1.165, 1.54) is 12.7 Å². The molecule has 12 aromatic heterocycles. The lowest BCUT2D eigenvalue weighted by Crippen LogP contribution is -2.30. The van der Waals surface area contributed by atoms with Crippen molar-refractivity contribution in [1.29, 1.82) is 5.26 Å². The van der Waals surface area contributed by atoms with Gasteiger partial charge in [-0.3, -0.25) is 57.4 Å². The van der Waals surface area contributed by atoms with E-state index in [9.17, 15) is 43.2 Å². The number of imidazole rings is 8. The first-order valence-electron chi connectivity index (χ1n) is 45.5. The van der Waals surface area contributed by atoms with Gasteiger partial charge in [-0.05, 0) is 146 Å². The van der Waals surface area contributed by atoms with Crippen molar-refractivity contribution in [2.75, 3.05) is 20.3 Å². The average Bonchev–Trinajstić information content (AvgIpc) is 1.60. The smallest absolute Gasteiger partial charge is 0.337 e. The number of ether oxygens (including phenoxy) is 2. The van der Waals surface area contributed by atoms with Crippen molar-refractivity contribution in [1.82, 2.24) is 116 Å². The number of methoxy groups -OCH3 is 1. The van der Waals surface area contributed by atoms with E-state index in [0.717, 1.165) is 113 Å². The third kappa shape index (κ3) is 17.7. The van der Waals surface area contributed by atoms with Crippen LogP contribution in [0.5, 0.6) is 5.75 Å². The number of H-pyrrole nitrogens is 8. The molecular formula is C100H91N25O12. The Morgan fingerprint density at radius 3 is 1.01 bits per heavy atom. The van der Waals surface area contributed by atoms with Crippen molar-refractivity contribution in [3.8, 4) is 11.8 Å². The van der Waals surface area contributed by atoms with Crippen LogP contribution in [0, 0.1) is 11.3 Å². The lowest BCUT2D eigenvalue weighted by atomic mass is 10.0. The first kappa shape index (κ1) is 86.7. The molecule has 0 saturated heterocycles. The molecule has 688 valence electrons. The lowest BCUT2D eigenvalue weighted by Gasteiger charge is -2.09. The molecule has 4 aliphatic carbocycles. The zero-order chi connectivity index (χ0) is 94.0. The monoisotopic (exact) mass is 1830 g/mol. The molecule has 20 aromatic rings. The molecule has 0 atom stereocenters. The van der Waals surface area contributed by atoms with Crippen molar-refractivity contribution < 1.29 is 19.4 Å². The summed E-state index contributed by atoms with van der Waals surface area (Å²) in [5.41, 5.74) is 12.6. The summed E-state index contributed by atoms with van der Waals surface area (Å²) in [7, 11) is 1.34. The van der Waals surface area contributed by atoms with Crippen LogP contribution >= 0.6 is 0 Å². The van der Waals surface area contributed by atoms with Gasteiger partial charge in [0.2, 0.25) is 0 Å². The fourth-order valence-corrected chi connectivity index (χ4v) is 17.8. The van der Waals surface area contributed by atoms with E-state index in [2.05, 4.69) is 86.9 Å². The van der Waals surface area contributed by atoms with Gasteiger partial charge < -0.3 is 52.8 Å². The second-order valence-corrected chi connectivity index (χ2v) is 35.2. The van der Waals surface area contributed by atoms with Gasteiger partial charge in [0.05, 0.1) is 101 Å². The second kappa shape index (κ2) is 36.2. The molecule has 4 saturated carbocycles. The fraction of sp³-hybridized carbons (Fsp3) is 0.260. The number of carbonyl (C=O) groups excluding carboxylic acids is 1. The molecule has 0 bridgehead atoms. The van der Waals surface area contributed by atoms with E-state index in [4.69, 9.17) is 44.8 Å². The van der Waals surface area contributed by atoms with Crippen molar-refractivity contribution in [2.45, 2.75) is 147 Å². The molecule has 12 heterocycles. The largest absolute Gasteiger partial charge is 0.491 e. The van der Waals surface area contributed by atoms with Crippen molar-refractivity contribution in [3.05, 3.63) is 363 Å². The summed E-state index contributed by atoms with van der Waals surface area (Å²) in [5.74, 6) is 5.99. The minimum Gasteiger partial charge on any atom is -0.491 e. The van der Waals surface area contributed by atoms with Crippen LogP contribution in [0.2, 0.25) is 0 Å². The maximum Gasteiger partial charge on any atom is 0.337 e. The predicted molar refractivity (Wildman–Crippen MR) is 512 cm³/mol. The summed E-state index contributed by atoms with van der Waals surface area (Å²) in [6, 6.07) is 64.0. The highest BCUT2D eigenvalue weighted by Gasteiger charge is 2.35. The molecule has 0 spiro atoms. The number of aromatic nitrogens is 24. The highest BCUT2D eigenvalue weighted by molar-refractivity contribution is 5.93. The van der Waals surface area contributed by atoms with Crippen molar-refractivity contribution in [3.63, 3.8) is 0 Å². The second-order valence-electron chi connectivity index (χ2n) is 35.2. The van der Waals surface area contributed by atoms with Crippen LogP contribution in [0.15, 0.2) is 232 Å². The number of aliphatic hydroxyl groups excluding tert-OH is 1. The summed E-state index contributed by atoms with van der Waals surface area (Å²) >= 11 is 0. The molecule has 4 fully saturated rings. The number of rotatable bonds is 25. The van der Waals surface area contributed by atoms with E-state index in [1.807, 2.05) is 158 Å². The number of aromatic amines is 8. The number of benzene rings is 8. The third-order valence-corrected chi connectivity index (χ3v) is 25.0. The Kier molecular flexibility index (Phi) is 22.9. The molecule has 8 aromatic carbocycles. The number of aliphatic hydroxyl groups is 1. The highest BCUT2D eigenvalue weighted by Crippen LogP contribution is 2.40. The van der Waals surface area contributed by atoms with Crippen LogP contribution in [0.1, 0.15) is 186 Å². The molecule has 0 radical (unpaired) electrons. The summed E-state index contributed by atoms with van der Waals surface area (Å²) in [6.45, 7) is 6.28. The average molecular weight is 1830 g/mol. The maximum absolute atomic E-state index is 13.0. The Morgan fingerprint density at radius 1 is 0.387 bits per heavy atom. The minimum absolute atomic E-state index is 0.0534. The molecule has 9 N–H and O–H groups in total. The zero-order valence-electron chi connectivity index (χ0n) is 74.6. The van der Waals surface area contributed by atoms with Crippen molar-refractivity contribution >= 4 is 94.8 Å². The molecule has 0 aliphatic heterocycles. The molecule has 137 heavy (non-hydrogen) atoms. The van der Waals surface area contributed by atoms with Crippen LogP contribution in [-0.4, -0.2) is 148 Å². The van der Waals surface area contributed by atoms with E-state index in [-0.39, 0.29) is 43.1 Å². The van der Waals surface area contributed by atoms with E-state index in [0.29, 0.717) is 171 Å². The summed E-state index contributed by atoms with van der Waals surface area (Å²) in [6.07, 6.45) is 8.61. The van der Waals surface area contributed by atoms with Gasteiger partial charge in [0.15, 0.2) is 44.7 Å². The van der Waals surface area contributed by atoms with Gasteiger partial charge in [-0.1, -0.05) is 141 Å². The van der Waals surface area contributed by atoms with E-state index < -0.39 is 45.3 Å². The van der Waals surface area contributed by atoms with E-state index in [1.54, 1.807) is 60.7 Å². The van der Waals surface area contributed by atoms with Gasteiger partial charge >= 0.3 is 28.7 Å². The highest BCUT2D eigenvalue weighted by atomic mass is 16.5. The topological polar surface area (TPSA) is 485 Å². The first-order chi connectivity index (χ1) is 66.7. The Hall–Kier alpha value is -17.0. The Labute approximate surface area is 773 Å². The maximum atomic E-state index is 13.0.